The van der Waals surface area contributed by atoms with E-state index in [2.05, 4.69) is 84.7 Å². The summed E-state index contributed by atoms with van der Waals surface area (Å²) in [5, 5.41) is 0. The molecule has 190 valence electrons. The Labute approximate surface area is 225 Å². The normalized spacial score (nSPS) is 10.7. The third kappa shape index (κ3) is 5.40. The van der Waals surface area contributed by atoms with Gasteiger partial charge in [-0.25, -0.2) is 4.98 Å². The number of benzene rings is 4. The van der Waals surface area contributed by atoms with Crippen LogP contribution in [-0.4, -0.2) is 25.2 Å². The zero-order valence-electron chi connectivity index (χ0n) is 22.1. The Balaban J connectivity index is 1.61. The van der Waals surface area contributed by atoms with Gasteiger partial charge in [-0.3, -0.25) is 0 Å². The minimum atomic E-state index is 0.590. The molecule has 1 aromatic heterocycles. The minimum absolute atomic E-state index is 0.590. The molecule has 0 amide bonds. The number of pyridine rings is 1. The highest BCUT2D eigenvalue weighted by molar-refractivity contribution is 5.81. The molecule has 0 spiro atoms. The average molecular weight is 501 g/mol. The zero-order chi connectivity index (χ0) is 26.3. The quantitative estimate of drug-likeness (QED) is 0.203. The van der Waals surface area contributed by atoms with Crippen molar-refractivity contribution in [2.24, 2.45) is 0 Å². The van der Waals surface area contributed by atoms with Crippen molar-refractivity contribution in [1.29, 1.82) is 0 Å². The molecule has 0 bridgehead atoms. The van der Waals surface area contributed by atoms with Gasteiger partial charge in [-0.2, -0.15) is 0 Å². The maximum Gasteiger partial charge on any atom is 0.128 e. The summed E-state index contributed by atoms with van der Waals surface area (Å²) in [5.74, 6) is 1.65. The maximum atomic E-state index is 5.96. The van der Waals surface area contributed by atoms with E-state index < -0.39 is 0 Å². The first-order valence-electron chi connectivity index (χ1n) is 13.0. The number of hydrogen-bond acceptors (Lipinski definition) is 4. The highest BCUT2D eigenvalue weighted by atomic mass is 16.5. The molecule has 38 heavy (non-hydrogen) atoms. The lowest BCUT2D eigenvalue weighted by molar-refractivity contribution is 0.341. The topological polar surface area (TPSA) is 34.6 Å². The summed E-state index contributed by atoms with van der Waals surface area (Å²) < 4.78 is 11.9. The van der Waals surface area contributed by atoms with Gasteiger partial charge in [0.25, 0.3) is 0 Å². The molecule has 4 heteroatoms. The molecule has 0 saturated carbocycles. The average Bonchev–Trinajstić information content (AvgIpc) is 2.98. The smallest absolute Gasteiger partial charge is 0.128 e. The number of ether oxygens (including phenoxy) is 2. The maximum absolute atomic E-state index is 5.96. The number of rotatable bonds is 9. The van der Waals surface area contributed by atoms with Crippen LogP contribution in [0.5, 0.6) is 11.5 Å². The second kappa shape index (κ2) is 11.7. The molecule has 0 fully saturated rings. The van der Waals surface area contributed by atoms with Crippen molar-refractivity contribution < 1.29 is 9.47 Å². The summed E-state index contributed by atoms with van der Waals surface area (Å²) in [6.45, 7) is 5.18. The number of anilines is 2. The Kier molecular flexibility index (Phi) is 7.70. The van der Waals surface area contributed by atoms with E-state index in [-0.39, 0.29) is 0 Å². The van der Waals surface area contributed by atoms with Gasteiger partial charge in [0.15, 0.2) is 0 Å². The molecule has 4 aromatic carbocycles. The van der Waals surface area contributed by atoms with Gasteiger partial charge in [-0.1, -0.05) is 54.6 Å². The summed E-state index contributed by atoms with van der Waals surface area (Å²) in [4.78, 5) is 7.29. The molecule has 0 saturated heterocycles. The van der Waals surface area contributed by atoms with Crippen LogP contribution in [-0.2, 0) is 0 Å². The highest BCUT2D eigenvalue weighted by Gasteiger charge is 2.15. The molecule has 5 rings (SSSR count). The first-order valence-corrected chi connectivity index (χ1v) is 13.0. The van der Waals surface area contributed by atoms with Crippen LogP contribution in [0.15, 0.2) is 115 Å². The van der Waals surface area contributed by atoms with E-state index in [4.69, 9.17) is 14.5 Å². The van der Waals surface area contributed by atoms with Gasteiger partial charge in [0.1, 0.15) is 11.5 Å². The number of nitrogens with zero attached hydrogens (tertiary/aromatic N) is 2. The lowest BCUT2D eigenvalue weighted by Crippen LogP contribution is -2.08. The third-order valence-electron chi connectivity index (χ3n) is 6.48. The van der Waals surface area contributed by atoms with Crippen molar-refractivity contribution in [2.75, 3.05) is 25.2 Å². The Morgan fingerprint density at radius 1 is 0.553 bits per heavy atom. The van der Waals surface area contributed by atoms with E-state index in [1.54, 1.807) is 0 Å². The van der Waals surface area contributed by atoms with Gasteiger partial charge in [-0.15, -0.1) is 0 Å². The second-order valence-electron chi connectivity index (χ2n) is 8.93. The molecule has 0 N–H and O–H groups in total. The molecule has 0 aliphatic rings. The van der Waals surface area contributed by atoms with Gasteiger partial charge in [-0.05, 0) is 85.6 Å². The first kappa shape index (κ1) is 25.1. The summed E-state index contributed by atoms with van der Waals surface area (Å²) in [5.41, 5.74) is 8.11. The van der Waals surface area contributed by atoms with Gasteiger partial charge < -0.3 is 14.4 Å². The molecular formula is C34H32N2O2. The summed E-state index contributed by atoms with van der Waals surface area (Å²) in [7, 11) is 2.09. The van der Waals surface area contributed by atoms with Gasteiger partial charge in [0, 0.05) is 29.5 Å². The van der Waals surface area contributed by atoms with Crippen LogP contribution in [0.25, 0.3) is 33.6 Å². The molecular weight excluding hydrogens is 468 g/mol. The first-order chi connectivity index (χ1) is 18.7. The fourth-order valence-corrected chi connectivity index (χ4v) is 4.57. The molecule has 0 unspecified atom stereocenters. The third-order valence-corrected chi connectivity index (χ3v) is 6.48. The van der Waals surface area contributed by atoms with Crippen molar-refractivity contribution in [2.45, 2.75) is 13.8 Å². The van der Waals surface area contributed by atoms with Crippen LogP contribution >= 0.6 is 0 Å². The summed E-state index contributed by atoms with van der Waals surface area (Å²) >= 11 is 0. The van der Waals surface area contributed by atoms with E-state index in [1.165, 1.54) is 0 Å². The SMILES string of the molecule is CCOc1ccccc1-c1cc(-c2ccc(N(C)c3ccccc3)cc2)cc(-c2ccccc2OCC)n1. The van der Waals surface area contributed by atoms with Crippen LogP contribution < -0.4 is 14.4 Å². The van der Waals surface area contributed by atoms with Crippen molar-refractivity contribution in [3.63, 3.8) is 0 Å². The van der Waals surface area contributed by atoms with Crippen molar-refractivity contribution in [3.05, 3.63) is 115 Å². The lowest BCUT2D eigenvalue weighted by Gasteiger charge is -2.20. The molecule has 5 aromatic rings. The highest BCUT2D eigenvalue weighted by Crippen LogP contribution is 2.37. The van der Waals surface area contributed by atoms with Gasteiger partial charge >= 0.3 is 0 Å². The largest absolute Gasteiger partial charge is 0.493 e. The minimum Gasteiger partial charge on any atom is -0.493 e. The second-order valence-corrected chi connectivity index (χ2v) is 8.93. The molecule has 4 nitrogen and oxygen atoms in total. The Hall–Kier alpha value is -4.57. The number of para-hydroxylation sites is 3. The van der Waals surface area contributed by atoms with E-state index in [1.807, 2.05) is 56.3 Å². The molecule has 0 atom stereocenters. The van der Waals surface area contributed by atoms with Crippen molar-refractivity contribution >= 4 is 11.4 Å². The predicted octanol–water partition coefficient (Wildman–Crippen LogP) is 8.65. The summed E-state index contributed by atoms with van der Waals surface area (Å²) in [6.07, 6.45) is 0. The fraction of sp³-hybridized carbons (Fsp3) is 0.147. The zero-order valence-corrected chi connectivity index (χ0v) is 22.1. The number of aromatic nitrogens is 1. The van der Waals surface area contributed by atoms with E-state index in [0.29, 0.717) is 13.2 Å². The number of hydrogen-bond donors (Lipinski definition) is 0. The molecule has 0 aliphatic heterocycles. The van der Waals surface area contributed by atoms with Crippen LogP contribution in [0.3, 0.4) is 0 Å². The predicted molar refractivity (Wildman–Crippen MR) is 157 cm³/mol. The standard InChI is InChI=1S/C34H32N2O2/c1-4-37-33-17-11-9-15-29(33)31-23-26(24-32(35-31)30-16-10-12-18-34(30)38-5-2)25-19-21-28(22-20-25)36(3)27-13-7-6-8-14-27/h6-24H,4-5H2,1-3H3. The summed E-state index contributed by atoms with van der Waals surface area (Å²) in [6, 6.07) is 39.4. The van der Waals surface area contributed by atoms with E-state index in [9.17, 15) is 0 Å². The molecule has 0 radical (unpaired) electrons. The van der Waals surface area contributed by atoms with Crippen molar-refractivity contribution in [3.8, 4) is 45.1 Å². The Bertz CT molecular complexity index is 1430. The lowest BCUT2D eigenvalue weighted by atomic mass is 9.99. The van der Waals surface area contributed by atoms with Crippen LogP contribution in [0.2, 0.25) is 0 Å². The van der Waals surface area contributed by atoms with E-state index >= 15 is 0 Å². The van der Waals surface area contributed by atoms with E-state index in [0.717, 1.165) is 56.5 Å². The monoisotopic (exact) mass is 500 g/mol. The van der Waals surface area contributed by atoms with Crippen LogP contribution in [0.1, 0.15) is 13.8 Å². The Morgan fingerprint density at radius 3 is 1.55 bits per heavy atom. The Morgan fingerprint density at radius 2 is 1.03 bits per heavy atom. The molecule has 1 heterocycles. The van der Waals surface area contributed by atoms with Gasteiger partial charge in [0.05, 0.1) is 24.6 Å². The van der Waals surface area contributed by atoms with Crippen LogP contribution in [0.4, 0.5) is 11.4 Å². The van der Waals surface area contributed by atoms with Gasteiger partial charge in [0.2, 0.25) is 0 Å². The van der Waals surface area contributed by atoms with Crippen LogP contribution in [0, 0.1) is 0 Å². The van der Waals surface area contributed by atoms with Crippen molar-refractivity contribution in [1.82, 2.24) is 4.98 Å². The fourth-order valence-electron chi connectivity index (χ4n) is 4.57. The molecule has 0 aliphatic carbocycles.